The van der Waals surface area contributed by atoms with Crippen molar-refractivity contribution in [3.8, 4) is 0 Å². The fourth-order valence-electron chi connectivity index (χ4n) is 2.55. The molecule has 27 heavy (non-hydrogen) atoms. The van der Waals surface area contributed by atoms with Gasteiger partial charge >= 0.3 is 6.18 Å². The third kappa shape index (κ3) is 6.28. The Balaban J connectivity index is 2.03. The van der Waals surface area contributed by atoms with E-state index in [9.17, 15) is 18.0 Å². The summed E-state index contributed by atoms with van der Waals surface area (Å²) in [6.45, 7) is -0.985. The molecule has 142 valence electrons. The number of alkyl halides is 3. The molecule has 0 aliphatic heterocycles. The van der Waals surface area contributed by atoms with Gasteiger partial charge in [0.05, 0.1) is 33.3 Å². The second-order valence-electron chi connectivity index (χ2n) is 6.21. The SMILES string of the molecule is [B]C([B])(CNC)N(C=O)Cc1ccc2nc(CCOCC(F)(F)F)[nH]c2c1. The number of hydrogen-bond acceptors (Lipinski definition) is 4. The second-order valence-corrected chi connectivity index (χ2v) is 6.21. The average molecular weight is 378 g/mol. The number of fused-ring (bicyclic) bond motifs is 1. The standard InChI is InChI=1S/C16H19B2F3N4O2/c1-22-8-15(17,18)25(10-26)7-11-2-3-12-13(6-11)24-14(23-12)4-5-27-9-16(19,20)21/h2-3,6,10,22H,4-5,7-9H2,1H3,(H,23,24). The lowest BCUT2D eigenvalue weighted by Crippen LogP contribution is -2.54. The molecule has 1 heterocycles. The molecular weight excluding hydrogens is 359 g/mol. The van der Waals surface area contributed by atoms with Gasteiger partial charge in [-0.25, -0.2) is 4.98 Å². The molecule has 0 aliphatic rings. The lowest BCUT2D eigenvalue weighted by Gasteiger charge is -2.37. The highest BCUT2D eigenvalue weighted by molar-refractivity contribution is 6.40. The van der Waals surface area contributed by atoms with Crippen LogP contribution in [0.5, 0.6) is 0 Å². The second kappa shape index (κ2) is 8.79. The molecule has 11 heteroatoms. The van der Waals surface area contributed by atoms with Gasteiger partial charge in [-0.3, -0.25) is 4.79 Å². The Morgan fingerprint density at radius 2 is 2.11 bits per heavy atom. The van der Waals surface area contributed by atoms with Gasteiger partial charge in [0.2, 0.25) is 6.41 Å². The zero-order valence-corrected chi connectivity index (χ0v) is 14.8. The molecule has 2 rings (SSSR count). The Hall–Kier alpha value is -2.00. The molecule has 6 nitrogen and oxygen atoms in total. The number of hydrogen-bond donors (Lipinski definition) is 2. The monoisotopic (exact) mass is 378 g/mol. The normalized spacial score (nSPS) is 12.4. The van der Waals surface area contributed by atoms with Gasteiger partial charge in [-0.15, -0.1) is 0 Å². The fraction of sp³-hybridized carbons (Fsp3) is 0.500. The van der Waals surface area contributed by atoms with Gasteiger partial charge < -0.3 is 19.9 Å². The van der Waals surface area contributed by atoms with Gasteiger partial charge in [-0.1, -0.05) is 6.07 Å². The predicted octanol–water partition coefficient (Wildman–Crippen LogP) is 0.853. The van der Waals surface area contributed by atoms with Gasteiger partial charge in [0.15, 0.2) is 0 Å². The molecule has 0 unspecified atom stereocenters. The number of nitrogens with one attached hydrogen (secondary N) is 2. The van der Waals surface area contributed by atoms with Crippen LogP contribution in [0.1, 0.15) is 11.4 Å². The highest BCUT2D eigenvalue weighted by Gasteiger charge is 2.27. The molecule has 0 saturated carbocycles. The summed E-state index contributed by atoms with van der Waals surface area (Å²) in [6, 6.07) is 5.31. The topological polar surface area (TPSA) is 70.2 Å². The third-order valence-electron chi connectivity index (χ3n) is 3.82. The van der Waals surface area contributed by atoms with Gasteiger partial charge in [0.1, 0.15) is 12.4 Å². The molecule has 2 aromatic rings. The average Bonchev–Trinajstić information content (AvgIpc) is 2.97. The van der Waals surface area contributed by atoms with Crippen LogP contribution in [-0.4, -0.2) is 75.3 Å². The first kappa shape index (κ1) is 21.3. The molecule has 0 bridgehead atoms. The van der Waals surface area contributed by atoms with Crippen LogP contribution in [0.4, 0.5) is 13.2 Å². The number of ether oxygens (including phenoxy) is 1. The van der Waals surface area contributed by atoms with E-state index in [1.54, 1.807) is 25.2 Å². The van der Waals surface area contributed by atoms with Crippen LogP contribution >= 0.6 is 0 Å². The third-order valence-corrected chi connectivity index (χ3v) is 3.82. The van der Waals surface area contributed by atoms with Crippen LogP contribution in [0.25, 0.3) is 11.0 Å². The largest absolute Gasteiger partial charge is 0.411 e. The summed E-state index contributed by atoms with van der Waals surface area (Å²) in [5.74, 6) is 0.513. The molecule has 0 aliphatic carbocycles. The number of halogens is 3. The van der Waals surface area contributed by atoms with E-state index in [0.717, 1.165) is 5.56 Å². The van der Waals surface area contributed by atoms with Crippen LogP contribution < -0.4 is 5.32 Å². The number of H-pyrrole nitrogens is 1. The Morgan fingerprint density at radius 1 is 1.37 bits per heavy atom. The predicted molar refractivity (Wildman–Crippen MR) is 96.4 cm³/mol. The molecule has 0 fully saturated rings. The lowest BCUT2D eigenvalue weighted by molar-refractivity contribution is -0.173. The van der Waals surface area contributed by atoms with Gasteiger partial charge in [-0.05, 0) is 30.1 Å². The summed E-state index contributed by atoms with van der Waals surface area (Å²) in [5, 5.41) is 1.48. The van der Waals surface area contributed by atoms with Crippen molar-refractivity contribution in [3.63, 3.8) is 0 Å². The number of likely N-dealkylation sites (N-methyl/N-ethyl adjacent to an activating group) is 1. The smallest absolute Gasteiger partial charge is 0.372 e. The number of imidazole rings is 1. The fourth-order valence-corrected chi connectivity index (χ4v) is 2.55. The molecule has 0 spiro atoms. The summed E-state index contributed by atoms with van der Waals surface area (Å²) >= 11 is 0. The minimum Gasteiger partial charge on any atom is -0.372 e. The van der Waals surface area contributed by atoms with E-state index in [1.165, 1.54) is 4.90 Å². The number of carbonyl (C=O) groups excluding carboxylic acids is 1. The Kier molecular flexibility index (Phi) is 6.94. The maximum absolute atomic E-state index is 12.1. The van der Waals surface area contributed by atoms with Crippen molar-refractivity contribution in [2.75, 3.05) is 26.8 Å². The number of carbonyl (C=O) groups is 1. The summed E-state index contributed by atoms with van der Waals surface area (Å²) in [7, 11) is 13.6. The molecule has 0 atom stereocenters. The zero-order valence-electron chi connectivity index (χ0n) is 14.8. The summed E-state index contributed by atoms with van der Waals surface area (Å²) in [5.41, 5.74) is 2.12. The molecular formula is C16H19B2F3N4O2. The molecule has 0 saturated heterocycles. The van der Waals surface area contributed by atoms with Crippen molar-refractivity contribution < 1.29 is 22.7 Å². The molecule has 1 aromatic carbocycles. The molecule has 4 radical (unpaired) electrons. The highest BCUT2D eigenvalue weighted by atomic mass is 19.4. The number of rotatable bonds is 10. The van der Waals surface area contributed by atoms with E-state index in [-0.39, 0.29) is 26.1 Å². The number of aromatic amines is 1. The van der Waals surface area contributed by atoms with Gasteiger partial charge in [0, 0.05) is 19.5 Å². The molecule has 1 aromatic heterocycles. The van der Waals surface area contributed by atoms with Crippen LogP contribution in [0, 0.1) is 0 Å². The van der Waals surface area contributed by atoms with Crippen LogP contribution in [0.3, 0.4) is 0 Å². The van der Waals surface area contributed by atoms with E-state index < -0.39 is 18.1 Å². The summed E-state index contributed by atoms with van der Waals surface area (Å²) in [4.78, 5) is 20.0. The van der Waals surface area contributed by atoms with Crippen LogP contribution in [-0.2, 0) is 22.5 Å². The summed E-state index contributed by atoms with van der Waals surface area (Å²) < 4.78 is 40.8. The van der Waals surface area contributed by atoms with E-state index in [4.69, 9.17) is 15.7 Å². The van der Waals surface area contributed by atoms with Gasteiger partial charge in [-0.2, -0.15) is 13.2 Å². The van der Waals surface area contributed by atoms with E-state index in [2.05, 4.69) is 20.0 Å². The van der Waals surface area contributed by atoms with Crippen molar-refractivity contribution in [1.29, 1.82) is 0 Å². The van der Waals surface area contributed by atoms with Crippen molar-refractivity contribution in [1.82, 2.24) is 20.2 Å². The van der Waals surface area contributed by atoms with Crippen LogP contribution in [0.2, 0.25) is 0 Å². The first-order valence-electron chi connectivity index (χ1n) is 8.21. The Labute approximate surface area is 157 Å². The Morgan fingerprint density at radius 3 is 2.74 bits per heavy atom. The number of benzene rings is 1. The Bertz CT molecular complexity index is 768. The highest BCUT2D eigenvalue weighted by Crippen LogP contribution is 2.18. The minimum atomic E-state index is -4.35. The summed E-state index contributed by atoms with van der Waals surface area (Å²) in [6.07, 6.45) is -3.54. The minimum absolute atomic E-state index is 0.0992. The number of aromatic nitrogens is 2. The number of amides is 1. The quantitative estimate of drug-likeness (QED) is 0.366. The van der Waals surface area contributed by atoms with E-state index in [0.29, 0.717) is 23.3 Å². The maximum atomic E-state index is 12.1. The molecule has 2 N–H and O–H groups in total. The van der Waals surface area contributed by atoms with Crippen molar-refractivity contribution >= 4 is 33.1 Å². The van der Waals surface area contributed by atoms with Crippen LogP contribution in [0.15, 0.2) is 18.2 Å². The zero-order chi connectivity index (χ0) is 20.1. The maximum Gasteiger partial charge on any atom is 0.411 e. The number of nitrogens with zero attached hydrogens (tertiary/aromatic N) is 2. The van der Waals surface area contributed by atoms with Crippen molar-refractivity contribution in [2.24, 2.45) is 0 Å². The first-order chi connectivity index (χ1) is 12.6. The van der Waals surface area contributed by atoms with Crippen molar-refractivity contribution in [3.05, 3.63) is 29.6 Å². The van der Waals surface area contributed by atoms with Gasteiger partial charge in [0.25, 0.3) is 0 Å². The van der Waals surface area contributed by atoms with E-state index >= 15 is 0 Å². The van der Waals surface area contributed by atoms with Crippen molar-refractivity contribution in [2.45, 2.75) is 24.5 Å². The lowest BCUT2D eigenvalue weighted by atomic mass is 9.60. The molecule has 1 amide bonds. The van der Waals surface area contributed by atoms with E-state index in [1.807, 2.05) is 0 Å². The first-order valence-corrected chi connectivity index (χ1v) is 8.21.